The van der Waals surface area contributed by atoms with Crippen molar-refractivity contribution in [3.63, 3.8) is 0 Å². The van der Waals surface area contributed by atoms with Gasteiger partial charge in [-0.15, -0.1) is 0 Å². The number of hydrogen-bond acceptors (Lipinski definition) is 1. The number of amides is 1. The summed E-state index contributed by atoms with van der Waals surface area (Å²) in [6.07, 6.45) is 1.71. The predicted octanol–water partition coefficient (Wildman–Crippen LogP) is 3.81. The standard InChI is InChI=1S/C20H21NO/c1-2-19(22)21-12-13-11-18-14-7-3-5-9-16(14)20(13)17-10-6-4-8-15(17)18/h3-10,13,18,20H,2,11-12H2,1H3,(H,21,22)/t13-,18?,20?/m0/s1. The van der Waals surface area contributed by atoms with Crippen LogP contribution >= 0.6 is 0 Å². The molecule has 112 valence electrons. The molecule has 0 fully saturated rings. The van der Waals surface area contributed by atoms with E-state index in [0.29, 0.717) is 24.2 Å². The summed E-state index contributed by atoms with van der Waals surface area (Å²) in [7, 11) is 0. The van der Waals surface area contributed by atoms with Crippen LogP contribution in [0.15, 0.2) is 48.5 Å². The molecule has 22 heavy (non-hydrogen) atoms. The van der Waals surface area contributed by atoms with Gasteiger partial charge in [-0.05, 0) is 34.6 Å². The van der Waals surface area contributed by atoms with Gasteiger partial charge < -0.3 is 5.32 Å². The SMILES string of the molecule is CCC(=O)NC[C@@H]1CC2c3ccccc3C1c1ccccc12. The molecule has 0 saturated heterocycles. The number of hydrogen-bond donors (Lipinski definition) is 1. The molecule has 0 radical (unpaired) electrons. The summed E-state index contributed by atoms with van der Waals surface area (Å²) in [5.74, 6) is 1.57. The zero-order valence-corrected chi connectivity index (χ0v) is 12.9. The van der Waals surface area contributed by atoms with E-state index < -0.39 is 0 Å². The van der Waals surface area contributed by atoms with E-state index in [9.17, 15) is 4.79 Å². The lowest BCUT2D eigenvalue weighted by molar-refractivity contribution is -0.121. The second kappa shape index (κ2) is 5.28. The highest BCUT2D eigenvalue weighted by atomic mass is 16.1. The maximum atomic E-state index is 11.6. The minimum absolute atomic E-state index is 0.156. The van der Waals surface area contributed by atoms with Crippen molar-refractivity contribution in [2.45, 2.75) is 31.6 Å². The highest BCUT2D eigenvalue weighted by Gasteiger charge is 2.42. The molecule has 0 aliphatic heterocycles. The lowest BCUT2D eigenvalue weighted by atomic mass is 9.59. The zero-order chi connectivity index (χ0) is 15.1. The second-order valence-corrected chi connectivity index (χ2v) is 6.44. The lowest BCUT2D eigenvalue weighted by Crippen LogP contribution is -2.39. The van der Waals surface area contributed by atoms with Crippen molar-refractivity contribution >= 4 is 5.91 Å². The fourth-order valence-corrected chi connectivity index (χ4v) is 4.33. The van der Waals surface area contributed by atoms with Gasteiger partial charge in [0.1, 0.15) is 0 Å². The normalized spacial score (nSPS) is 24.5. The maximum Gasteiger partial charge on any atom is 0.219 e. The van der Waals surface area contributed by atoms with Gasteiger partial charge in [-0.2, -0.15) is 0 Å². The van der Waals surface area contributed by atoms with E-state index in [1.807, 2.05) is 6.92 Å². The first kappa shape index (κ1) is 13.6. The molecule has 0 unspecified atom stereocenters. The Hall–Kier alpha value is -2.09. The van der Waals surface area contributed by atoms with Gasteiger partial charge in [-0.25, -0.2) is 0 Å². The van der Waals surface area contributed by atoms with Crippen molar-refractivity contribution in [1.29, 1.82) is 0 Å². The zero-order valence-electron chi connectivity index (χ0n) is 12.9. The molecule has 1 N–H and O–H groups in total. The smallest absolute Gasteiger partial charge is 0.219 e. The first-order chi connectivity index (χ1) is 10.8. The van der Waals surface area contributed by atoms with Crippen LogP contribution in [0.5, 0.6) is 0 Å². The fraction of sp³-hybridized carbons (Fsp3) is 0.350. The Balaban J connectivity index is 1.74. The Labute approximate surface area is 131 Å². The van der Waals surface area contributed by atoms with Crippen molar-refractivity contribution in [3.05, 3.63) is 70.8 Å². The molecule has 3 aliphatic carbocycles. The fourth-order valence-electron chi connectivity index (χ4n) is 4.33. The molecule has 2 aromatic rings. The predicted molar refractivity (Wildman–Crippen MR) is 88.0 cm³/mol. The minimum Gasteiger partial charge on any atom is -0.356 e. The molecular formula is C20H21NO. The average molecular weight is 291 g/mol. The molecule has 5 rings (SSSR count). The van der Waals surface area contributed by atoms with Gasteiger partial charge in [-0.3, -0.25) is 4.79 Å². The molecule has 2 heteroatoms. The Kier molecular flexibility index (Phi) is 3.25. The van der Waals surface area contributed by atoms with Gasteiger partial charge >= 0.3 is 0 Å². The molecule has 2 bridgehead atoms. The van der Waals surface area contributed by atoms with Crippen LogP contribution in [-0.2, 0) is 4.79 Å². The van der Waals surface area contributed by atoms with E-state index in [4.69, 9.17) is 0 Å². The quantitative estimate of drug-likeness (QED) is 0.915. The maximum absolute atomic E-state index is 11.6. The highest BCUT2D eigenvalue weighted by molar-refractivity contribution is 5.75. The van der Waals surface area contributed by atoms with Crippen LogP contribution < -0.4 is 5.32 Å². The molecule has 2 aromatic carbocycles. The molecule has 0 aromatic heterocycles. The number of rotatable bonds is 3. The molecule has 1 atom stereocenters. The van der Waals surface area contributed by atoms with Gasteiger partial charge in [0.15, 0.2) is 0 Å². The van der Waals surface area contributed by atoms with Crippen LogP contribution in [0.3, 0.4) is 0 Å². The van der Waals surface area contributed by atoms with Crippen LogP contribution in [0.2, 0.25) is 0 Å². The molecule has 3 aliphatic rings. The minimum atomic E-state index is 0.156. The topological polar surface area (TPSA) is 29.1 Å². The van der Waals surface area contributed by atoms with E-state index in [2.05, 4.69) is 53.8 Å². The number of carbonyl (C=O) groups is 1. The Bertz CT molecular complexity index is 674. The molecule has 2 nitrogen and oxygen atoms in total. The molecule has 0 spiro atoms. The van der Waals surface area contributed by atoms with Gasteiger partial charge in [-0.1, -0.05) is 55.5 Å². The van der Waals surface area contributed by atoms with Crippen molar-refractivity contribution < 1.29 is 4.79 Å². The van der Waals surface area contributed by atoms with Crippen LogP contribution in [0.25, 0.3) is 0 Å². The number of nitrogens with one attached hydrogen (secondary N) is 1. The third-order valence-electron chi connectivity index (χ3n) is 5.31. The Morgan fingerprint density at radius 1 is 1.00 bits per heavy atom. The van der Waals surface area contributed by atoms with E-state index >= 15 is 0 Å². The summed E-state index contributed by atoms with van der Waals surface area (Å²) in [4.78, 5) is 11.6. The summed E-state index contributed by atoms with van der Waals surface area (Å²) in [6.45, 7) is 2.70. The summed E-state index contributed by atoms with van der Waals surface area (Å²) < 4.78 is 0. The van der Waals surface area contributed by atoms with E-state index in [1.54, 1.807) is 0 Å². The summed E-state index contributed by atoms with van der Waals surface area (Å²) >= 11 is 0. The third-order valence-corrected chi connectivity index (χ3v) is 5.31. The van der Waals surface area contributed by atoms with Crippen molar-refractivity contribution in [2.24, 2.45) is 5.92 Å². The Morgan fingerprint density at radius 3 is 2.09 bits per heavy atom. The monoisotopic (exact) mass is 291 g/mol. The molecule has 0 saturated carbocycles. The summed E-state index contributed by atoms with van der Waals surface area (Å²) in [5.41, 5.74) is 5.91. The van der Waals surface area contributed by atoms with Crippen LogP contribution in [0, 0.1) is 5.92 Å². The van der Waals surface area contributed by atoms with E-state index in [0.717, 1.165) is 13.0 Å². The van der Waals surface area contributed by atoms with E-state index in [1.165, 1.54) is 22.3 Å². The Morgan fingerprint density at radius 2 is 1.55 bits per heavy atom. The lowest BCUT2D eigenvalue weighted by Gasteiger charge is -2.45. The molecule has 0 heterocycles. The van der Waals surface area contributed by atoms with Crippen molar-refractivity contribution in [3.8, 4) is 0 Å². The number of fused-ring (bicyclic) bond motifs is 1. The van der Waals surface area contributed by atoms with Gasteiger partial charge in [0.25, 0.3) is 0 Å². The van der Waals surface area contributed by atoms with Crippen molar-refractivity contribution in [2.75, 3.05) is 6.54 Å². The average Bonchev–Trinajstić information content (AvgIpc) is 2.59. The molecule has 1 amide bonds. The van der Waals surface area contributed by atoms with E-state index in [-0.39, 0.29) is 5.91 Å². The first-order valence-electron chi connectivity index (χ1n) is 8.24. The van der Waals surface area contributed by atoms with Gasteiger partial charge in [0.05, 0.1) is 0 Å². The summed E-state index contributed by atoms with van der Waals surface area (Å²) in [5, 5.41) is 3.11. The highest BCUT2D eigenvalue weighted by Crippen LogP contribution is 2.54. The number of benzene rings is 2. The van der Waals surface area contributed by atoms with Crippen LogP contribution in [-0.4, -0.2) is 12.5 Å². The van der Waals surface area contributed by atoms with Crippen molar-refractivity contribution in [1.82, 2.24) is 5.32 Å². The number of carbonyl (C=O) groups excluding carboxylic acids is 1. The van der Waals surface area contributed by atoms with Crippen LogP contribution in [0.4, 0.5) is 0 Å². The van der Waals surface area contributed by atoms with Gasteiger partial charge in [0.2, 0.25) is 5.91 Å². The molecular weight excluding hydrogens is 270 g/mol. The largest absolute Gasteiger partial charge is 0.356 e. The second-order valence-electron chi connectivity index (χ2n) is 6.44. The first-order valence-corrected chi connectivity index (χ1v) is 8.24. The summed E-state index contributed by atoms with van der Waals surface area (Å²) in [6, 6.07) is 17.7. The van der Waals surface area contributed by atoms with Crippen LogP contribution in [0.1, 0.15) is 53.9 Å². The van der Waals surface area contributed by atoms with Gasteiger partial charge in [0, 0.05) is 24.8 Å². The third kappa shape index (κ3) is 1.98.